The molecular formula is C13H20FNO. The van der Waals surface area contributed by atoms with Crippen molar-refractivity contribution in [1.82, 2.24) is 5.32 Å². The number of likely N-dealkylation sites (N-methyl/N-ethyl adjacent to an activating group) is 1. The molecule has 1 rings (SSSR count). The Balaban J connectivity index is 2.40. The van der Waals surface area contributed by atoms with Crippen molar-refractivity contribution in [3.63, 3.8) is 0 Å². The van der Waals surface area contributed by atoms with E-state index >= 15 is 0 Å². The third-order valence-electron chi connectivity index (χ3n) is 2.51. The van der Waals surface area contributed by atoms with Gasteiger partial charge < -0.3 is 10.1 Å². The average molecular weight is 225 g/mol. The third-order valence-corrected chi connectivity index (χ3v) is 2.51. The van der Waals surface area contributed by atoms with Gasteiger partial charge >= 0.3 is 0 Å². The molecule has 0 fully saturated rings. The van der Waals surface area contributed by atoms with E-state index in [0.29, 0.717) is 12.2 Å². The Hall–Kier alpha value is -0.930. The zero-order valence-electron chi connectivity index (χ0n) is 10.0. The SMILES string of the molecule is CCNCC(CC)OCc1ccccc1F. The maximum Gasteiger partial charge on any atom is 0.128 e. The summed E-state index contributed by atoms with van der Waals surface area (Å²) < 4.78 is 19.0. The lowest BCUT2D eigenvalue weighted by molar-refractivity contribution is 0.0373. The van der Waals surface area contributed by atoms with Crippen LogP contribution in [0.5, 0.6) is 0 Å². The van der Waals surface area contributed by atoms with Crippen LogP contribution in [0.3, 0.4) is 0 Å². The van der Waals surface area contributed by atoms with Crippen LogP contribution in [-0.4, -0.2) is 19.2 Å². The Bertz CT molecular complexity index is 304. The minimum Gasteiger partial charge on any atom is -0.372 e. The first-order valence-corrected chi connectivity index (χ1v) is 5.83. The fourth-order valence-electron chi connectivity index (χ4n) is 1.45. The zero-order valence-corrected chi connectivity index (χ0v) is 10.0. The summed E-state index contributed by atoms with van der Waals surface area (Å²) in [5.41, 5.74) is 0.623. The molecule has 0 heterocycles. The van der Waals surface area contributed by atoms with Crippen molar-refractivity contribution < 1.29 is 9.13 Å². The lowest BCUT2D eigenvalue weighted by Gasteiger charge is -2.16. The van der Waals surface area contributed by atoms with Crippen molar-refractivity contribution in [2.75, 3.05) is 13.1 Å². The van der Waals surface area contributed by atoms with Gasteiger partial charge in [-0.2, -0.15) is 0 Å². The number of hydrogen-bond acceptors (Lipinski definition) is 2. The maximum atomic E-state index is 13.3. The van der Waals surface area contributed by atoms with Gasteiger partial charge in [0.2, 0.25) is 0 Å². The van der Waals surface area contributed by atoms with Crippen LogP contribution in [0.4, 0.5) is 4.39 Å². The smallest absolute Gasteiger partial charge is 0.128 e. The molecule has 0 radical (unpaired) electrons. The highest BCUT2D eigenvalue weighted by molar-refractivity contribution is 5.16. The van der Waals surface area contributed by atoms with Crippen molar-refractivity contribution in [2.24, 2.45) is 0 Å². The van der Waals surface area contributed by atoms with Gasteiger partial charge in [-0.15, -0.1) is 0 Å². The fraction of sp³-hybridized carbons (Fsp3) is 0.538. The van der Waals surface area contributed by atoms with Gasteiger partial charge in [0, 0.05) is 12.1 Å². The van der Waals surface area contributed by atoms with Crippen molar-refractivity contribution in [1.29, 1.82) is 0 Å². The van der Waals surface area contributed by atoms with Gasteiger partial charge in [-0.1, -0.05) is 32.0 Å². The summed E-state index contributed by atoms with van der Waals surface area (Å²) in [4.78, 5) is 0. The molecule has 90 valence electrons. The molecule has 1 aromatic rings. The van der Waals surface area contributed by atoms with E-state index in [0.717, 1.165) is 19.5 Å². The predicted octanol–water partition coefficient (Wildman–Crippen LogP) is 2.73. The molecule has 0 aliphatic rings. The van der Waals surface area contributed by atoms with E-state index in [-0.39, 0.29) is 11.9 Å². The summed E-state index contributed by atoms with van der Waals surface area (Å²) >= 11 is 0. The molecule has 0 aliphatic heterocycles. The van der Waals surface area contributed by atoms with E-state index in [2.05, 4.69) is 19.2 Å². The van der Waals surface area contributed by atoms with Crippen molar-refractivity contribution >= 4 is 0 Å². The minimum absolute atomic E-state index is 0.152. The van der Waals surface area contributed by atoms with E-state index in [1.165, 1.54) is 6.07 Å². The molecular weight excluding hydrogens is 205 g/mol. The van der Waals surface area contributed by atoms with Gasteiger partial charge in [0.1, 0.15) is 5.82 Å². The Labute approximate surface area is 96.8 Å². The molecule has 0 aromatic heterocycles. The molecule has 1 atom stereocenters. The summed E-state index contributed by atoms with van der Waals surface area (Å²) in [5, 5.41) is 3.23. The number of halogens is 1. The number of nitrogens with one attached hydrogen (secondary N) is 1. The first-order chi connectivity index (χ1) is 7.77. The van der Waals surface area contributed by atoms with Crippen molar-refractivity contribution in [2.45, 2.75) is 33.0 Å². The highest BCUT2D eigenvalue weighted by Crippen LogP contribution is 2.09. The van der Waals surface area contributed by atoms with Crippen LogP contribution in [0.15, 0.2) is 24.3 Å². The minimum atomic E-state index is -0.194. The second-order valence-corrected chi connectivity index (χ2v) is 3.74. The van der Waals surface area contributed by atoms with Crippen LogP contribution in [0.1, 0.15) is 25.8 Å². The van der Waals surface area contributed by atoms with Crippen LogP contribution >= 0.6 is 0 Å². The molecule has 0 bridgehead atoms. The van der Waals surface area contributed by atoms with Gasteiger partial charge in [0.25, 0.3) is 0 Å². The fourth-order valence-corrected chi connectivity index (χ4v) is 1.45. The lowest BCUT2D eigenvalue weighted by atomic mass is 10.2. The van der Waals surface area contributed by atoms with Crippen LogP contribution in [0, 0.1) is 5.82 Å². The summed E-state index contributed by atoms with van der Waals surface area (Å²) in [6, 6.07) is 6.74. The van der Waals surface area contributed by atoms with E-state index in [4.69, 9.17) is 4.74 Å². The second kappa shape index (κ2) is 7.36. The molecule has 2 nitrogen and oxygen atoms in total. The standard InChI is InChI=1S/C13H20FNO/c1-3-12(9-15-4-2)16-10-11-7-5-6-8-13(11)14/h5-8,12,15H,3-4,9-10H2,1-2H3. The molecule has 16 heavy (non-hydrogen) atoms. The molecule has 1 unspecified atom stereocenters. The van der Waals surface area contributed by atoms with Crippen LogP contribution in [-0.2, 0) is 11.3 Å². The normalized spacial score (nSPS) is 12.7. The van der Waals surface area contributed by atoms with Crippen molar-refractivity contribution in [3.8, 4) is 0 Å². The van der Waals surface area contributed by atoms with Gasteiger partial charge in [-0.3, -0.25) is 0 Å². The van der Waals surface area contributed by atoms with Gasteiger partial charge in [0.15, 0.2) is 0 Å². The highest BCUT2D eigenvalue weighted by atomic mass is 19.1. The van der Waals surface area contributed by atoms with Crippen LogP contribution in [0.25, 0.3) is 0 Å². The van der Waals surface area contributed by atoms with E-state index in [1.807, 2.05) is 6.07 Å². The number of rotatable bonds is 7. The largest absolute Gasteiger partial charge is 0.372 e. The Kier molecular flexibility index (Phi) is 6.04. The maximum absolute atomic E-state index is 13.3. The van der Waals surface area contributed by atoms with Gasteiger partial charge in [-0.05, 0) is 19.0 Å². The average Bonchev–Trinajstić information content (AvgIpc) is 2.31. The third kappa shape index (κ3) is 4.29. The van der Waals surface area contributed by atoms with E-state index < -0.39 is 0 Å². The second-order valence-electron chi connectivity index (χ2n) is 3.74. The monoisotopic (exact) mass is 225 g/mol. The summed E-state index contributed by atoms with van der Waals surface area (Å²) in [6.07, 6.45) is 1.08. The molecule has 1 aromatic carbocycles. The quantitative estimate of drug-likeness (QED) is 0.770. The molecule has 1 N–H and O–H groups in total. The number of hydrogen-bond donors (Lipinski definition) is 1. The van der Waals surface area contributed by atoms with Crippen molar-refractivity contribution in [3.05, 3.63) is 35.6 Å². The summed E-state index contributed by atoms with van der Waals surface area (Å²) in [6.45, 7) is 6.23. The molecule has 0 saturated heterocycles. The summed E-state index contributed by atoms with van der Waals surface area (Å²) in [7, 11) is 0. The van der Waals surface area contributed by atoms with E-state index in [9.17, 15) is 4.39 Å². The Morgan fingerprint density at radius 2 is 2.06 bits per heavy atom. The van der Waals surface area contributed by atoms with Gasteiger partial charge in [-0.25, -0.2) is 4.39 Å². The molecule has 0 saturated carbocycles. The molecule has 0 spiro atoms. The molecule has 0 aliphatic carbocycles. The Morgan fingerprint density at radius 1 is 1.31 bits per heavy atom. The number of ether oxygens (including phenoxy) is 1. The topological polar surface area (TPSA) is 21.3 Å². The van der Waals surface area contributed by atoms with Crippen LogP contribution in [0.2, 0.25) is 0 Å². The first-order valence-electron chi connectivity index (χ1n) is 5.83. The Morgan fingerprint density at radius 3 is 2.69 bits per heavy atom. The predicted molar refractivity (Wildman–Crippen MR) is 63.8 cm³/mol. The highest BCUT2D eigenvalue weighted by Gasteiger charge is 2.07. The van der Waals surface area contributed by atoms with Crippen LogP contribution < -0.4 is 5.32 Å². The number of benzene rings is 1. The first kappa shape index (κ1) is 13.1. The lowest BCUT2D eigenvalue weighted by Crippen LogP contribution is -2.28. The van der Waals surface area contributed by atoms with Gasteiger partial charge in [0.05, 0.1) is 12.7 Å². The molecule has 0 amide bonds. The summed E-state index contributed by atoms with van der Waals surface area (Å²) in [5.74, 6) is -0.194. The zero-order chi connectivity index (χ0) is 11.8. The molecule has 3 heteroatoms. The van der Waals surface area contributed by atoms with E-state index in [1.54, 1.807) is 12.1 Å².